The molecule has 2 nitrogen and oxygen atoms in total. The normalized spacial score (nSPS) is 12.7. The molecule has 0 radical (unpaired) electrons. The van der Waals surface area contributed by atoms with Crippen LogP contribution in [0, 0.1) is 0 Å². The topological polar surface area (TPSA) is 26.3 Å². The Labute approximate surface area is 87.2 Å². The smallest absolute Gasteiger partial charge is 0.453 e. The molecule has 0 aliphatic heterocycles. The van der Waals surface area contributed by atoms with E-state index in [0.717, 1.165) is 7.11 Å². The Morgan fingerprint density at radius 3 is 2.20 bits per heavy atom. The lowest BCUT2D eigenvalue weighted by Crippen LogP contribution is -2.36. The van der Waals surface area contributed by atoms with Crippen molar-refractivity contribution in [2.75, 3.05) is 18.6 Å². The Balaban J connectivity index is 3.82. The van der Waals surface area contributed by atoms with E-state index in [1.54, 1.807) is 0 Å². The van der Waals surface area contributed by atoms with Gasteiger partial charge < -0.3 is 4.74 Å². The van der Waals surface area contributed by atoms with Crippen molar-refractivity contribution < 1.29 is 31.5 Å². The van der Waals surface area contributed by atoms with Crippen molar-refractivity contribution in [1.29, 1.82) is 0 Å². The Morgan fingerprint density at radius 1 is 1.27 bits per heavy atom. The number of thioether (sulfide) groups is 1. The maximum absolute atomic E-state index is 12.3. The van der Waals surface area contributed by atoms with Gasteiger partial charge in [0.1, 0.15) is 0 Å². The molecular formula is C7H9F5O2S. The second-order valence-electron chi connectivity index (χ2n) is 2.58. The van der Waals surface area contributed by atoms with E-state index in [9.17, 15) is 26.7 Å². The summed E-state index contributed by atoms with van der Waals surface area (Å²) in [6.45, 7) is 0. The Bertz CT molecular complexity index is 216. The number of methoxy groups -OCH3 is 1. The van der Waals surface area contributed by atoms with Crippen LogP contribution in [0.2, 0.25) is 0 Å². The predicted molar refractivity (Wildman–Crippen MR) is 45.0 cm³/mol. The minimum atomic E-state index is -5.53. The summed E-state index contributed by atoms with van der Waals surface area (Å²) in [6.07, 6.45) is -6.86. The van der Waals surface area contributed by atoms with Gasteiger partial charge in [-0.05, 0) is 5.75 Å². The van der Waals surface area contributed by atoms with Gasteiger partial charge in [0, 0.05) is 6.42 Å². The number of hydrogen-bond donors (Lipinski definition) is 0. The molecular weight excluding hydrogens is 243 g/mol. The Hall–Kier alpha value is -0.530. The molecule has 0 aromatic rings. The van der Waals surface area contributed by atoms with Crippen molar-refractivity contribution in [2.24, 2.45) is 0 Å². The Kier molecular flexibility index (Phi) is 5.33. The summed E-state index contributed by atoms with van der Waals surface area (Å²) in [6, 6.07) is 0. The van der Waals surface area contributed by atoms with Crippen LogP contribution in [-0.4, -0.2) is 36.7 Å². The molecule has 0 saturated carbocycles. The fourth-order valence-electron chi connectivity index (χ4n) is 0.557. The Morgan fingerprint density at radius 2 is 1.80 bits per heavy atom. The summed E-state index contributed by atoms with van der Waals surface area (Å²) >= 11 is 0.674. The summed E-state index contributed by atoms with van der Waals surface area (Å²) in [5.74, 6) is -6.04. The number of hydrogen-bond acceptors (Lipinski definition) is 3. The molecule has 0 saturated heterocycles. The van der Waals surface area contributed by atoms with Gasteiger partial charge in [-0.25, -0.2) is 0 Å². The van der Waals surface area contributed by atoms with Gasteiger partial charge in [0.05, 0.1) is 12.9 Å². The van der Waals surface area contributed by atoms with Crippen molar-refractivity contribution in [1.82, 2.24) is 0 Å². The van der Waals surface area contributed by atoms with Crippen molar-refractivity contribution >= 4 is 17.7 Å². The molecule has 0 aliphatic carbocycles. The highest BCUT2D eigenvalue weighted by molar-refractivity contribution is 7.99. The van der Waals surface area contributed by atoms with Gasteiger partial charge in [-0.15, -0.1) is 11.8 Å². The molecule has 90 valence electrons. The number of carbonyl (C=O) groups is 1. The summed E-state index contributed by atoms with van der Waals surface area (Å²) in [7, 11) is 1.10. The van der Waals surface area contributed by atoms with Gasteiger partial charge in [-0.1, -0.05) is 0 Å². The highest BCUT2D eigenvalue weighted by atomic mass is 32.2. The summed E-state index contributed by atoms with van der Waals surface area (Å²) in [5, 5.41) is 0. The van der Waals surface area contributed by atoms with E-state index in [-0.39, 0.29) is 5.75 Å². The fraction of sp³-hybridized carbons (Fsp3) is 0.857. The SMILES string of the molecule is COC(=O)CSCCC(F)(F)C(F)(F)F. The molecule has 0 aromatic heterocycles. The first-order valence-electron chi connectivity index (χ1n) is 3.80. The van der Waals surface area contributed by atoms with E-state index < -0.39 is 30.2 Å². The standard InChI is InChI=1S/C7H9F5O2S/c1-14-5(13)4-15-3-2-6(8,9)7(10,11)12/h2-4H2,1H3. The number of carbonyl (C=O) groups excluding carboxylic acids is 1. The zero-order valence-electron chi connectivity index (χ0n) is 7.74. The van der Waals surface area contributed by atoms with E-state index in [0.29, 0.717) is 11.8 Å². The summed E-state index contributed by atoms with van der Waals surface area (Å²) in [5.41, 5.74) is 0. The van der Waals surface area contributed by atoms with Gasteiger partial charge in [-0.2, -0.15) is 22.0 Å². The molecule has 0 rings (SSSR count). The van der Waals surface area contributed by atoms with Crippen LogP contribution in [0.1, 0.15) is 6.42 Å². The minimum absolute atomic E-state index is 0.232. The minimum Gasteiger partial charge on any atom is -0.468 e. The van der Waals surface area contributed by atoms with Crippen LogP contribution < -0.4 is 0 Å². The van der Waals surface area contributed by atoms with Crippen LogP contribution in [-0.2, 0) is 9.53 Å². The van der Waals surface area contributed by atoms with Crippen molar-refractivity contribution in [3.63, 3.8) is 0 Å². The first-order chi connectivity index (χ1) is 6.70. The molecule has 0 unspecified atom stereocenters. The molecule has 8 heteroatoms. The maximum Gasteiger partial charge on any atom is 0.453 e. The number of ether oxygens (including phenoxy) is 1. The molecule has 0 heterocycles. The van der Waals surface area contributed by atoms with Gasteiger partial charge in [0.25, 0.3) is 0 Å². The largest absolute Gasteiger partial charge is 0.468 e. The lowest BCUT2D eigenvalue weighted by Gasteiger charge is -2.18. The lowest BCUT2D eigenvalue weighted by atomic mass is 10.2. The molecule has 0 spiro atoms. The predicted octanol–water partition coefficient (Wildman–Crippen LogP) is 2.48. The van der Waals surface area contributed by atoms with E-state index >= 15 is 0 Å². The first-order valence-corrected chi connectivity index (χ1v) is 4.95. The average Bonchev–Trinajstić information content (AvgIpc) is 2.10. The lowest BCUT2D eigenvalue weighted by molar-refractivity contribution is -0.282. The highest BCUT2D eigenvalue weighted by Gasteiger charge is 2.56. The molecule has 15 heavy (non-hydrogen) atoms. The van der Waals surface area contributed by atoms with Crippen molar-refractivity contribution in [3.05, 3.63) is 0 Å². The second-order valence-corrected chi connectivity index (χ2v) is 3.69. The average molecular weight is 252 g/mol. The van der Waals surface area contributed by atoms with Gasteiger partial charge >= 0.3 is 18.1 Å². The van der Waals surface area contributed by atoms with E-state index in [2.05, 4.69) is 4.74 Å². The van der Waals surface area contributed by atoms with Crippen LogP contribution in [0.4, 0.5) is 22.0 Å². The molecule has 0 bridgehead atoms. The van der Waals surface area contributed by atoms with Gasteiger partial charge in [0.2, 0.25) is 0 Å². The number of rotatable bonds is 5. The van der Waals surface area contributed by atoms with Crippen LogP contribution in [0.15, 0.2) is 0 Å². The number of alkyl halides is 5. The molecule has 0 atom stereocenters. The van der Waals surface area contributed by atoms with Crippen molar-refractivity contribution in [3.8, 4) is 0 Å². The zero-order valence-corrected chi connectivity index (χ0v) is 8.55. The fourth-order valence-corrected chi connectivity index (χ4v) is 1.39. The first kappa shape index (κ1) is 14.5. The molecule has 0 aromatic carbocycles. The number of halogens is 5. The van der Waals surface area contributed by atoms with Crippen LogP contribution in [0.25, 0.3) is 0 Å². The number of esters is 1. The third kappa shape index (κ3) is 5.19. The van der Waals surface area contributed by atoms with Crippen LogP contribution in [0.3, 0.4) is 0 Å². The van der Waals surface area contributed by atoms with Gasteiger partial charge in [0.15, 0.2) is 0 Å². The molecule has 0 aliphatic rings. The highest BCUT2D eigenvalue weighted by Crippen LogP contribution is 2.38. The van der Waals surface area contributed by atoms with Crippen LogP contribution >= 0.6 is 11.8 Å². The summed E-state index contributed by atoms with van der Waals surface area (Å²) < 4.78 is 63.6. The van der Waals surface area contributed by atoms with Gasteiger partial charge in [-0.3, -0.25) is 4.79 Å². The molecule has 0 N–H and O–H groups in total. The third-order valence-corrected chi connectivity index (χ3v) is 2.36. The molecule has 0 amide bonds. The second kappa shape index (κ2) is 5.53. The third-order valence-electron chi connectivity index (χ3n) is 1.42. The monoisotopic (exact) mass is 252 g/mol. The quantitative estimate of drug-likeness (QED) is 0.427. The molecule has 0 fully saturated rings. The van der Waals surface area contributed by atoms with Crippen molar-refractivity contribution in [2.45, 2.75) is 18.5 Å². The van der Waals surface area contributed by atoms with E-state index in [1.165, 1.54) is 0 Å². The zero-order chi connectivity index (χ0) is 12.1. The maximum atomic E-state index is 12.3. The van der Waals surface area contributed by atoms with E-state index in [1.807, 2.05) is 0 Å². The van der Waals surface area contributed by atoms with E-state index in [4.69, 9.17) is 0 Å². The van der Waals surface area contributed by atoms with Crippen LogP contribution in [0.5, 0.6) is 0 Å². The summed E-state index contributed by atoms with van der Waals surface area (Å²) in [4.78, 5) is 10.5.